The van der Waals surface area contributed by atoms with Crippen LogP contribution in [0.25, 0.3) is 11.1 Å². The normalized spacial score (nSPS) is 11.0. The molecule has 1 amide bonds. The van der Waals surface area contributed by atoms with Crippen molar-refractivity contribution in [3.8, 4) is 11.1 Å². The summed E-state index contributed by atoms with van der Waals surface area (Å²) in [5.74, 6) is -0.342. The minimum atomic E-state index is -3.67. The minimum Gasteiger partial charge on any atom is -0.332 e. The van der Waals surface area contributed by atoms with E-state index in [0.29, 0.717) is 11.3 Å². The molecule has 0 radical (unpaired) electrons. The summed E-state index contributed by atoms with van der Waals surface area (Å²) in [5.41, 5.74) is 3.97. The van der Waals surface area contributed by atoms with Crippen molar-refractivity contribution in [1.82, 2.24) is 10.0 Å². The average molecular weight is 628 g/mol. The maximum absolute atomic E-state index is 12.6. The molecular weight excluding hydrogens is 605 g/mol. The molecule has 9 heteroatoms. The molecule has 0 bridgehead atoms. The second kappa shape index (κ2) is 11.7. The summed E-state index contributed by atoms with van der Waals surface area (Å²) < 4.78 is 28.9. The van der Waals surface area contributed by atoms with E-state index in [0.717, 1.165) is 20.3 Å². The summed E-state index contributed by atoms with van der Waals surface area (Å²) in [6.45, 7) is 0.196. The summed E-state index contributed by atoms with van der Waals surface area (Å²) in [6.07, 6.45) is 0. The molecule has 0 aliphatic heterocycles. The van der Waals surface area contributed by atoms with Crippen LogP contribution in [0.5, 0.6) is 0 Å². The molecule has 36 heavy (non-hydrogen) atoms. The summed E-state index contributed by atoms with van der Waals surface area (Å²) in [5, 5.41) is 5.66. The lowest BCUT2D eigenvalue weighted by molar-refractivity contribution is 0.0977. The first-order chi connectivity index (χ1) is 17.3. The molecule has 0 aromatic heterocycles. The van der Waals surface area contributed by atoms with Crippen LogP contribution in [0.1, 0.15) is 15.9 Å². The van der Waals surface area contributed by atoms with Gasteiger partial charge in [0.2, 0.25) is 10.0 Å². The highest BCUT2D eigenvalue weighted by Gasteiger charge is 2.14. The Hall–Kier alpha value is -3.12. The molecule has 0 aliphatic carbocycles. The Kier molecular flexibility index (Phi) is 8.47. The number of carbonyl (C=O) groups excluding carboxylic acids is 1. The molecule has 3 N–H and O–H groups in total. The number of sulfonamides is 1. The van der Waals surface area contributed by atoms with E-state index >= 15 is 0 Å². The van der Waals surface area contributed by atoms with Crippen LogP contribution < -0.4 is 15.4 Å². The van der Waals surface area contributed by atoms with E-state index in [1.165, 1.54) is 12.1 Å². The number of thiocarbonyl (C=S) groups is 1. The largest absolute Gasteiger partial charge is 0.332 e. The van der Waals surface area contributed by atoms with E-state index in [1.807, 2.05) is 66.7 Å². The van der Waals surface area contributed by atoms with Crippen LogP contribution in [-0.4, -0.2) is 19.4 Å². The molecule has 0 atom stereocenters. The van der Waals surface area contributed by atoms with Gasteiger partial charge >= 0.3 is 0 Å². The van der Waals surface area contributed by atoms with Gasteiger partial charge in [-0.15, -0.1) is 0 Å². The zero-order valence-electron chi connectivity index (χ0n) is 18.9. The van der Waals surface area contributed by atoms with Crippen LogP contribution in [0, 0.1) is 3.57 Å². The number of carbonyl (C=O) groups is 1. The molecule has 0 heterocycles. The quantitative estimate of drug-likeness (QED) is 0.185. The van der Waals surface area contributed by atoms with Crippen LogP contribution >= 0.6 is 34.8 Å². The van der Waals surface area contributed by atoms with Crippen LogP contribution in [0.15, 0.2) is 108 Å². The van der Waals surface area contributed by atoms with Crippen LogP contribution in [-0.2, 0) is 16.6 Å². The third-order valence-electron chi connectivity index (χ3n) is 5.28. The zero-order valence-corrected chi connectivity index (χ0v) is 22.7. The van der Waals surface area contributed by atoms with E-state index in [1.54, 1.807) is 24.3 Å². The number of hydrogen-bond donors (Lipinski definition) is 3. The lowest BCUT2D eigenvalue weighted by Gasteiger charge is -2.11. The standard InChI is InChI=1S/C27H22IN3O3S2/c28-23-12-6-19(7-13-23)18-29-36(33,34)25-16-14-24(15-17-25)30-27(35)31-26(32)22-10-8-21(9-11-22)20-4-2-1-3-5-20/h1-17,29H,18H2,(H2,30,31,32,35). The van der Waals surface area contributed by atoms with E-state index in [2.05, 4.69) is 37.9 Å². The molecule has 182 valence electrons. The van der Waals surface area contributed by atoms with Crippen molar-refractivity contribution in [3.05, 3.63) is 118 Å². The van der Waals surface area contributed by atoms with Gasteiger partial charge in [-0.2, -0.15) is 0 Å². The Bertz CT molecular complexity index is 1460. The first-order valence-electron chi connectivity index (χ1n) is 10.9. The van der Waals surface area contributed by atoms with Crippen molar-refractivity contribution in [3.63, 3.8) is 0 Å². The first kappa shape index (κ1) is 26.0. The van der Waals surface area contributed by atoms with Crippen molar-refractivity contribution in [2.75, 3.05) is 5.32 Å². The fourth-order valence-corrected chi connectivity index (χ4v) is 4.95. The number of anilines is 1. The maximum Gasteiger partial charge on any atom is 0.257 e. The number of benzene rings is 4. The Morgan fingerprint density at radius 2 is 1.39 bits per heavy atom. The minimum absolute atomic E-state index is 0.111. The monoisotopic (exact) mass is 627 g/mol. The molecule has 0 saturated carbocycles. The molecule has 4 aromatic rings. The van der Waals surface area contributed by atoms with Gasteiger partial charge in [-0.1, -0.05) is 54.6 Å². The Morgan fingerprint density at radius 1 is 0.778 bits per heavy atom. The second-order valence-corrected chi connectivity index (χ2v) is 11.2. The van der Waals surface area contributed by atoms with Crippen LogP contribution in [0.3, 0.4) is 0 Å². The highest BCUT2D eigenvalue weighted by Crippen LogP contribution is 2.19. The van der Waals surface area contributed by atoms with E-state index in [-0.39, 0.29) is 22.5 Å². The van der Waals surface area contributed by atoms with Crippen LogP contribution in [0.2, 0.25) is 0 Å². The van der Waals surface area contributed by atoms with Gasteiger partial charge in [0.25, 0.3) is 5.91 Å². The van der Waals surface area contributed by atoms with E-state index in [9.17, 15) is 13.2 Å². The molecule has 4 rings (SSSR count). The Labute approximate surface area is 229 Å². The van der Waals surface area contributed by atoms with E-state index < -0.39 is 10.0 Å². The number of amides is 1. The molecule has 0 saturated heterocycles. The molecule has 0 spiro atoms. The zero-order chi connectivity index (χ0) is 25.5. The SMILES string of the molecule is O=C(NC(=S)Nc1ccc(S(=O)(=O)NCc2ccc(I)cc2)cc1)c1ccc(-c2ccccc2)cc1. The van der Waals surface area contributed by atoms with Crippen molar-refractivity contribution in [2.45, 2.75) is 11.4 Å². The lowest BCUT2D eigenvalue weighted by atomic mass is 10.0. The van der Waals surface area contributed by atoms with Gasteiger partial charge in [0.15, 0.2) is 5.11 Å². The van der Waals surface area contributed by atoms with Crippen molar-refractivity contribution in [2.24, 2.45) is 0 Å². The topological polar surface area (TPSA) is 87.3 Å². The number of nitrogens with one attached hydrogen (secondary N) is 3. The summed E-state index contributed by atoms with van der Waals surface area (Å²) in [6, 6.07) is 30.9. The first-order valence-corrected chi connectivity index (χ1v) is 13.9. The average Bonchev–Trinajstić information content (AvgIpc) is 2.89. The van der Waals surface area contributed by atoms with Gasteiger partial charge < -0.3 is 5.32 Å². The number of rotatable bonds is 7. The summed E-state index contributed by atoms with van der Waals surface area (Å²) in [7, 11) is -3.67. The molecule has 4 aromatic carbocycles. The smallest absolute Gasteiger partial charge is 0.257 e. The summed E-state index contributed by atoms with van der Waals surface area (Å²) >= 11 is 7.45. The maximum atomic E-state index is 12.6. The molecule has 0 unspecified atom stereocenters. The van der Waals surface area contributed by atoms with Gasteiger partial charge in [0, 0.05) is 21.4 Å². The van der Waals surface area contributed by atoms with Crippen LogP contribution in [0.4, 0.5) is 5.69 Å². The summed E-state index contributed by atoms with van der Waals surface area (Å²) in [4.78, 5) is 12.7. The Morgan fingerprint density at radius 3 is 2.03 bits per heavy atom. The van der Waals surface area contributed by atoms with Crippen molar-refractivity contribution < 1.29 is 13.2 Å². The molecule has 0 fully saturated rings. The number of hydrogen-bond acceptors (Lipinski definition) is 4. The predicted octanol–water partition coefficient (Wildman–Crippen LogP) is 5.56. The Balaban J connectivity index is 1.31. The van der Waals surface area contributed by atoms with Crippen molar-refractivity contribution in [1.29, 1.82) is 0 Å². The van der Waals surface area contributed by atoms with Gasteiger partial charge in [-0.25, -0.2) is 13.1 Å². The fourth-order valence-electron chi connectivity index (χ4n) is 3.36. The molecule has 6 nitrogen and oxygen atoms in total. The van der Waals surface area contributed by atoms with Gasteiger partial charge in [0.05, 0.1) is 4.90 Å². The fraction of sp³-hybridized carbons (Fsp3) is 0.0370. The van der Waals surface area contributed by atoms with Gasteiger partial charge in [-0.05, 0) is 100 Å². The third kappa shape index (κ3) is 6.97. The number of halogens is 1. The highest BCUT2D eigenvalue weighted by molar-refractivity contribution is 14.1. The highest BCUT2D eigenvalue weighted by atomic mass is 127. The van der Waals surface area contributed by atoms with Gasteiger partial charge in [0.1, 0.15) is 0 Å². The molecule has 0 aliphatic rings. The van der Waals surface area contributed by atoms with Gasteiger partial charge in [-0.3, -0.25) is 10.1 Å². The van der Waals surface area contributed by atoms with Crippen molar-refractivity contribution >= 4 is 61.5 Å². The third-order valence-corrected chi connectivity index (χ3v) is 7.62. The molecular formula is C27H22IN3O3S2. The lowest BCUT2D eigenvalue weighted by Crippen LogP contribution is -2.34. The predicted molar refractivity (Wildman–Crippen MR) is 155 cm³/mol. The van der Waals surface area contributed by atoms with E-state index in [4.69, 9.17) is 12.2 Å². The second-order valence-electron chi connectivity index (χ2n) is 7.83.